The molecular formula is C16H19N3S. The van der Waals surface area contributed by atoms with Crippen molar-refractivity contribution in [2.75, 3.05) is 11.9 Å². The van der Waals surface area contributed by atoms with Crippen LogP contribution in [-0.2, 0) is 6.54 Å². The summed E-state index contributed by atoms with van der Waals surface area (Å²) in [6.45, 7) is 4.73. The Morgan fingerprint density at radius 2 is 1.90 bits per heavy atom. The average Bonchev–Trinajstić information content (AvgIpc) is 2.38. The van der Waals surface area contributed by atoms with Crippen molar-refractivity contribution < 1.29 is 0 Å². The first kappa shape index (κ1) is 14.5. The maximum Gasteiger partial charge on any atom is 0.107 e. The highest BCUT2D eigenvalue weighted by molar-refractivity contribution is 7.80. The van der Waals surface area contributed by atoms with E-state index in [1.165, 1.54) is 5.56 Å². The summed E-state index contributed by atoms with van der Waals surface area (Å²) in [5.74, 6) is 0. The van der Waals surface area contributed by atoms with Gasteiger partial charge in [-0.15, -0.1) is 0 Å². The van der Waals surface area contributed by atoms with Gasteiger partial charge in [-0.25, -0.2) is 0 Å². The lowest BCUT2D eigenvalue weighted by atomic mass is 10.1. The van der Waals surface area contributed by atoms with Crippen LogP contribution in [0.2, 0.25) is 0 Å². The van der Waals surface area contributed by atoms with Crippen LogP contribution in [0.15, 0.2) is 36.4 Å². The van der Waals surface area contributed by atoms with Gasteiger partial charge in [-0.1, -0.05) is 42.5 Å². The number of hydrogen-bond donors (Lipinski definition) is 1. The van der Waals surface area contributed by atoms with Crippen molar-refractivity contribution in [1.82, 2.24) is 4.98 Å². The van der Waals surface area contributed by atoms with E-state index in [1.54, 1.807) is 0 Å². The Balaban J connectivity index is 2.38. The molecule has 0 atom stereocenters. The minimum atomic E-state index is 0.393. The normalized spacial score (nSPS) is 10.3. The predicted octanol–water partition coefficient (Wildman–Crippen LogP) is 2.97. The van der Waals surface area contributed by atoms with Crippen LogP contribution in [0.3, 0.4) is 0 Å². The zero-order valence-electron chi connectivity index (χ0n) is 12.1. The average molecular weight is 285 g/mol. The van der Waals surface area contributed by atoms with E-state index in [4.69, 9.17) is 18.0 Å². The Morgan fingerprint density at radius 1 is 1.25 bits per heavy atom. The van der Waals surface area contributed by atoms with Gasteiger partial charge >= 0.3 is 0 Å². The molecule has 0 fully saturated rings. The second-order valence-corrected chi connectivity index (χ2v) is 5.39. The van der Waals surface area contributed by atoms with Gasteiger partial charge in [0, 0.05) is 25.0 Å². The molecule has 2 aromatic rings. The van der Waals surface area contributed by atoms with Crippen molar-refractivity contribution in [3.63, 3.8) is 0 Å². The van der Waals surface area contributed by atoms with Crippen molar-refractivity contribution in [2.24, 2.45) is 5.73 Å². The molecule has 4 heteroatoms. The van der Waals surface area contributed by atoms with Crippen molar-refractivity contribution in [3.8, 4) is 0 Å². The second kappa shape index (κ2) is 6.01. The fourth-order valence-corrected chi connectivity index (χ4v) is 2.61. The Bertz CT molecular complexity index is 623. The molecule has 2 rings (SSSR count). The molecule has 104 valence electrons. The lowest BCUT2D eigenvalue weighted by Crippen LogP contribution is -2.23. The summed E-state index contributed by atoms with van der Waals surface area (Å²) < 4.78 is 0. The summed E-state index contributed by atoms with van der Waals surface area (Å²) in [5.41, 5.74) is 10.9. The van der Waals surface area contributed by atoms with Gasteiger partial charge in [0.15, 0.2) is 0 Å². The summed E-state index contributed by atoms with van der Waals surface area (Å²) in [7, 11) is 2.04. The minimum Gasteiger partial charge on any atom is -0.389 e. The predicted molar refractivity (Wildman–Crippen MR) is 88.1 cm³/mol. The molecule has 0 radical (unpaired) electrons. The van der Waals surface area contributed by atoms with E-state index in [0.717, 1.165) is 29.2 Å². The Kier molecular flexibility index (Phi) is 4.35. The zero-order chi connectivity index (χ0) is 14.7. The second-order valence-electron chi connectivity index (χ2n) is 4.95. The van der Waals surface area contributed by atoms with E-state index < -0.39 is 0 Å². The molecule has 0 amide bonds. The Hall–Kier alpha value is -1.94. The molecule has 0 saturated heterocycles. The molecular weight excluding hydrogens is 266 g/mol. The van der Waals surface area contributed by atoms with Crippen LogP contribution < -0.4 is 10.6 Å². The molecule has 3 nitrogen and oxygen atoms in total. The number of aromatic nitrogens is 1. The molecule has 2 N–H and O–H groups in total. The summed E-state index contributed by atoms with van der Waals surface area (Å²) in [6.07, 6.45) is 0. The smallest absolute Gasteiger partial charge is 0.107 e. The van der Waals surface area contributed by atoms with Gasteiger partial charge in [0.25, 0.3) is 0 Å². The van der Waals surface area contributed by atoms with Crippen LogP contribution in [0, 0.1) is 13.8 Å². The van der Waals surface area contributed by atoms with Crippen molar-refractivity contribution >= 4 is 22.9 Å². The number of hydrogen-bond acceptors (Lipinski definition) is 3. The lowest BCUT2D eigenvalue weighted by Gasteiger charge is -2.23. The van der Waals surface area contributed by atoms with Crippen molar-refractivity contribution in [3.05, 3.63) is 58.9 Å². The largest absolute Gasteiger partial charge is 0.389 e. The maximum absolute atomic E-state index is 5.86. The molecule has 0 aliphatic rings. The van der Waals surface area contributed by atoms with E-state index in [-0.39, 0.29) is 0 Å². The van der Waals surface area contributed by atoms with Crippen LogP contribution in [0.4, 0.5) is 5.69 Å². The number of pyridine rings is 1. The molecule has 0 saturated carbocycles. The quantitative estimate of drug-likeness (QED) is 0.877. The molecule has 0 unspecified atom stereocenters. The van der Waals surface area contributed by atoms with Crippen LogP contribution in [-0.4, -0.2) is 17.0 Å². The van der Waals surface area contributed by atoms with E-state index >= 15 is 0 Å². The van der Waals surface area contributed by atoms with Crippen LogP contribution in [0.25, 0.3) is 0 Å². The van der Waals surface area contributed by atoms with E-state index in [0.29, 0.717) is 4.99 Å². The number of thiocarbonyl (C=S) groups is 1. The molecule has 0 spiro atoms. The van der Waals surface area contributed by atoms with E-state index in [1.807, 2.05) is 45.2 Å². The number of nitrogens with zero attached hydrogens (tertiary/aromatic N) is 2. The van der Waals surface area contributed by atoms with Crippen molar-refractivity contribution in [1.29, 1.82) is 0 Å². The standard InChI is InChI=1S/C16H19N3S/c1-11-9-14(15(16(17)20)12(2)18-11)19(3)10-13-7-5-4-6-8-13/h4-9H,10H2,1-3H3,(H2,17,20). The van der Waals surface area contributed by atoms with Gasteiger partial charge in [-0.05, 0) is 25.5 Å². The van der Waals surface area contributed by atoms with Crippen LogP contribution in [0.5, 0.6) is 0 Å². The summed E-state index contributed by atoms with van der Waals surface area (Å²) in [5, 5.41) is 0. The highest BCUT2D eigenvalue weighted by Gasteiger charge is 2.14. The number of anilines is 1. The molecule has 1 aromatic heterocycles. The lowest BCUT2D eigenvalue weighted by molar-refractivity contribution is 0.912. The molecule has 20 heavy (non-hydrogen) atoms. The van der Waals surface area contributed by atoms with Crippen LogP contribution >= 0.6 is 12.2 Å². The Morgan fingerprint density at radius 3 is 2.50 bits per heavy atom. The van der Waals surface area contributed by atoms with E-state index in [9.17, 15) is 0 Å². The third kappa shape index (κ3) is 3.14. The SMILES string of the molecule is Cc1cc(N(C)Cc2ccccc2)c(C(N)=S)c(C)n1. The summed E-state index contributed by atoms with van der Waals surface area (Å²) in [4.78, 5) is 7.00. The summed E-state index contributed by atoms with van der Waals surface area (Å²) in [6, 6.07) is 12.4. The Labute approximate surface area is 125 Å². The molecule has 0 aliphatic heterocycles. The maximum atomic E-state index is 5.86. The molecule has 1 aromatic carbocycles. The topological polar surface area (TPSA) is 42.1 Å². The third-order valence-electron chi connectivity index (χ3n) is 3.23. The number of aryl methyl sites for hydroxylation is 2. The first-order valence-electron chi connectivity index (χ1n) is 6.52. The van der Waals surface area contributed by atoms with Gasteiger partial charge in [0.1, 0.15) is 4.99 Å². The third-order valence-corrected chi connectivity index (χ3v) is 3.43. The minimum absolute atomic E-state index is 0.393. The fourth-order valence-electron chi connectivity index (χ4n) is 2.36. The summed E-state index contributed by atoms with van der Waals surface area (Å²) >= 11 is 5.18. The number of benzene rings is 1. The first-order chi connectivity index (χ1) is 9.49. The fraction of sp³-hybridized carbons (Fsp3) is 0.250. The van der Waals surface area contributed by atoms with Gasteiger partial charge in [0.05, 0.1) is 11.3 Å². The molecule has 1 heterocycles. The molecule has 0 aliphatic carbocycles. The van der Waals surface area contributed by atoms with Crippen LogP contribution in [0.1, 0.15) is 22.5 Å². The first-order valence-corrected chi connectivity index (χ1v) is 6.93. The highest BCUT2D eigenvalue weighted by atomic mass is 32.1. The highest BCUT2D eigenvalue weighted by Crippen LogP contribution is 2.24. The van der Waals surface area contributed by atoms with Crippen molar-refractivity contribution in [2.45, 2.75) is 20.4 Å². The van der Waals surface area contributed by atoms with Gasteiger partial charge in [0.2, 0.25) is 0 Å². The monoisotopic (exact) mass is 285 g/mol. The number of rotatable bonds is 4. The van der Waals surface area contributed by atoms with Gasteiger partial charge in [-0.3, -0.25) is 4.98 Å². The zero-order valence-corrected chi connectivity index (χ0v) is 12.9. The number of nitrogens with two attached hydrogens (primary N) is 1. The van der Waals surface area contributed by atoms with E-state index in [2.05, 4.69) is 22.0 Å². The molecule has 0 bridgehead atoms. The van der Waals surface area contributed by atoms with Gasteiger partial charge in [-0.2, -0.15) is 0 Å². The van der Waals surface area contributed by atoms with Gasteiger partial charge < -0.3 is 10.6 Å².